The number of halogens is 1. The van der Waals surface area contributed by atoms with Gasteiger partial charge in [0, 0.05) is 0 Å². The van der Waals surface area contributed by atoms with Gasteiger partial charge in [0.15, 0.2) is 0 Å². The molecule has 1 saturated carbocycles. The van der Waals surface area contributed by atoms with Crippen molar-refractivity contribution in [2.45, 2.75) is 41.5 Å². The smallest absolute Gasteiger partial charge is 0.228 e. The van der Waals surface area contributed by atoms with Crippen molar-refractivity contribution in [2.24, 2.45) is 17.3 Å². The second-order valence-electron chi connectivity index (χ2n) is 7.00. The van der Waals surface area contributed by atoms with Gasteiger partial charge >= 0.3 is 0 Å². The van der Waals surface area contributed by atoms with E-state index in [4.69, 9.17) is 11.6 Å². The molecule has 0 aromatic heterocycles. The third-order valence-corrected chi connectivity index (χ3v) is 4.68. The average Bonchev–Trinajstić information content (AvgIpc) is 2.84. The minimum atomic E-state index is 0.0177. The van der Waals surface area contributed by atoms with Crippen LogP contribution in [0.1, 0.15) is 38.8 Å². The summed E-state index contributed by atoms with van der Waals surface area (Å²) in [6.45, 7) is 12.4. The van der Waals surface area contributed by atoms with Crippen molar-refractivity contribution in [1.29, 1.82) is 0 Å². The zero-order valence-electron chi connectivity index (χ0n) is 13.7. The average molecular weight is 306 g/mol. The van der Waals surface area contributed by atoms with Gasteiger partial charge < -0.3 is 5.32 Å². The predicted octanol–water partition coefficient (Wildman–Crippen LogP) is 5.13. The van der Waals surface area contributed by atoms with Crippen LogP contribution in [0, 0.1) is 31.1 Å². The highest BCUT2D eigenvalue weighted by Gasteiger charge is 2.60. The van der Waals surface area contributed by atoms with Crippen LogP contribution in [-0.2, 0) is 4.79 Å². The maximum Gasteiger partial charge on any atom is 0.228 e. The van der Waals surface area contributed by atoms with Crippen molar-refractivity contribution >= 4 is 23.2 Å². The second kappa shape index (κ2) is 5.49. The molecular weight excluding hydrogens is 282 g/mol. The molecule has 0 bridgehead atoms. The lowest BCUT2D eigenvalue weighted by Gasteiger charge is -2.12. The zero-order chi connectivity index (χ0) is 15.9. The van der Waals surface area contributed by atoms with Crippen LogP contribution in [0.25, 0.3) is 0 Å². The number of nitrogens with one attached hydrogen (secondary N) is 1. The van der Waals surface area contributed by atoms with E-state index in [1.807, 2.05) is 26.0 Å². The number of amides is 1. The molecule has 2 unspecified atom stereocenters. The summed E-state index contributed by atoms with van der Waals surface area (Å²) in [6, 6.07) is 3.92. The molecule has 0 aliphatic heterocycles. The molecule has 2 rings (SSSR count). The van der Waals surface area contributed by atoms with Crippen molar-refractivity contribution in [3.8, 4) is 0 Å². The van der Waals surface area contributed by atoms with Gasteiger partial charge in [-0.15, -0.1) is 0 Å². The van der Waals surface area contributed by atoms with E-state index in [0.29, 0.717) is 10.9 Å². The van der Waals surface area contributed by atoms with Crippen molar-refractivity contribution in [2.75, 3.05) is 5.32 Å². The normalized spacial score (nSPS) is 22.6. The molecule has 0 heterocycles. The van der Waals surface area contributed by atoms with Gasteiger partial charge in [-0.25, -0.2) is 0 Å². The van der Waals surface area contributed by atoms with Gasteiger partial charge in [0.25, 0.3) is 0 Å². The maximum atomic E-state index is 12.6. The van der Waals surface area contributed by atoms with E-state index in [1.165, 1.54) is 5.57 Å². The molecule has 114 valence electrons. The molecule has 0 saturated heterocycles. The van der Waals surface area contributed by atoms with Crippen LogP contribution in [0.15, 0.2) is 23.8 Å². The Bertz CT molecular complexity index is 589. The Balaban J connectivity index is 2.19. The molecule has 1 N–H and O–H groups in total. The van der Waals surface area contributed by atoms with Crippen molar-refractivity contribution in [3.05, 3.63) is 39.9 Å². The first kappa shape index (κ1) is 16.1. The van der Waals surface area contributed by atoms with E-state index in [0.717, 1.165) is 16.8 Å². The Kier molecular flexibility index (Phi) is 4.21. The maximum absolute atomic E-state index is 12.6. The van der Waals surface area contributed by atoms with Gasteiger partial charge in [-0.05, 0) is 56.2 Å². The number of anilines is 1. The minimum absolute atomic E-state index is 0.0177. The molecule has 0 radical (unpaired) electrons. The summed E-state index contributed by atoms with van der Waals surface area (Å²) in [4.78, 5) is 12.6. The summed E-state index contributed by atoms with van der Waals surface area (Å²) in [5.74, 6) is 0.396. The van der Waals surface area contributed by atoms with Gasteiger partial charge in [-0.2, -0.15) is 0 Å². The molecule has 1 fully saturated rings. The van der Waals surface area contributed by atoms with E-state index < -0.39 is 0 Å². The van der Waals surface area contributed by atoms with Crippen LogP contribution in [-0.4, -0.2) is 5.91 Å². The molecule has 1 aromatic rings. The lowest BCUT2D eigenvalue weighted by atomic mass is 10.1. The standard InChI is InChI=1S/C18H24ClNO/c1-10(2)7-13-15(18(13,5)6)17(21)20-16-12(4)8-11(3)9-14(16)19/h7-9,13,15H,1-6H3,(H,20,21). The van der Waals surface area contributed by atoms with Gasteiger partial charge in [0.05, 0.1) is 16.6 Å². The monoisotopic (exact) mass is 305 g/mol. The highest BCUT2D eigenvalue weighted by atomic mass is 35.5. The molecule has 1 aliphatic carbocycles. The van der Waals surface area contributed by atoms with Gasteiger partial charge in [0.1, 0.15) is 0 Å². The zero-order valence-corrected chi connectivity index (χ0v) is 14.4. The number of rotatable bonds is 3. The third kappa shape index (κ3) is 3.16. The van der Waals surface area contributed by atoms with Gasteiger partial charge in [-0.3, -0.25) is 4.79 Å². The Morgan fingerprint density at radius 3 is 2.43 bits per heavy atom. The fourth-order valence-electron chi connectivity index (χ4n) is 3.12. The number of carbonyl (C=O) groups is 1. The van der Waals surface area contributed by atoms with E-state index in [1.54, 1.807) is 0 Å². The summed E-state index contributed by atoms with van der Waals surface area (Å²) < 4.78 is 0. The Morgan fingerprint density at radius 2 is 1.90 bits per heavy atom. The first-order chi connectivity index (χ1) is 9.64. The molecule has 2 atom stereocenters. The second-order valence-corrected chi connectivity index (χ2v) is 7.40. The number of hydrogen-bond acceptors (Lipinski definition) is 1. The van der Waals surface area contributed by atoms with Crippen LogP contribution < -0.4 is 5.32 Å². The van der Waals surface area contributed by atoms with Gasteiger partial charge in [0.2, 0.25) is 5.91 Å². The number of benzene rings is 1. The highest BCUT2D eigenvalue weighted by molar-refractivity contribution is 6.34. The van der Waals surface area contributed by atoms with Crippen molar-refractivity contribution < 1.29 is 4.79 Å². The molecular formula is C18H24ClNO. The fraction of sp³-hybridized carbons (Fsp3) is 0.500. The Hall–Kier alpha value is -1.28. The first-order valence-electron chi connectivity index (χ1n) is 7.37. The lowest BCUT2D eigenvalue weighted by Crippen LogP contribution is -2.18. The molecule has 21 heavy (non-hydrogen) atoms. The summed E-state index contributed by atoms with van der Waals surface area (Å²) >= 11 is 6.27. The molecule has 1 amide bonds. The Morgan fingerprint density at radius 1 is 1.29 bits per heavy atom. The summed E-state index contributed by atoms with van der Waals surface area (Å²) in [5, 5.41) is 3.64. The number of aryl methyl sites for hydroxylation is 2. The summed E-state index contributed by atoms with van der Waals surface area (Å²) in [6.07, 6.45) is 2.20. The quantitative estimate of drug-likeness (QED) is 0.770. The van der Waals surface area contributed by atoms with E-state index >= 15 is 0 Å². The molecule has 3 heteroatoms. The third-order valence-electron chi connectivity index (χ3n) is 4.39. The SMILES string of the molecule is CC(C)=CC1C(C(=O)Nc2c(C)cc(C)cc2Cl)C1(C)C. The van der Waals surface area contributed by atoms with E-state index in [-0.39, 0.29) is 17.2 Å². The minimum Gasteiger partial charge on any atom is -0.324 e. The number of allylic oxidation sites excluding steroid dienone is 2. The molecule has 1 aliphatic rings. The highest BCUT2D eigenvalue weighted by Crippen LogP contribution is 2.59. The van der Waals surface area contributed by atoms with Gasteiger partial charge in [-0.1, -0.05) is 43.2 Å². The topological polar surface area (TPSA) is 29.1 Å². The van der Waals surface area contributed by atoms with Crippen molar-refractivity contribution in [3.63, 3.8) is 0 Å². The van der Waals surface area contributed by atoms with Crippen LogP contribution in [0.4, 0.5) is 5.69 Å². The number of carbonyl (C=O) groups excluding carboxylic acids is 1. The summed E-state index contributed by atoms with van der Waals surface area (Å²) in [7, 11) is 0. The largest absolute Gasteiger partial charge is 0.324 e. The first-order valence-corrected chi connectivity index (χ1v) is 7.75. The number of hydrogen-bond donors (Lipinski definition) is 1. The molecule has 0 spiro atoms. The molecule has 2 nitrogen and oxygen atoms in total. The summed E-state index contributed by atoms with van der Waals surface area (Å²) in [5.41, 5.74) is 4.13. The van der Waals surface area contributed by atoms with Crippen LogP contribution in [0.2, 0.25) is 5.02 Å². The predicted molar refractivity (Wildman–Crippen MR) is 89.7 cm³/mol. The van der Waals surface area contributed by atoms with Crippen molar-refractivity contribution in [1.82, 2.24) is 0 Å². The van der Waals surface area contributed by atoms with Crippen LogP contribution in [0.3, 0.4) is 0 Å². The van der Waals surface area contributed by atoms with Crippen LogP contribution >= 0.6 is 11.6 Å². The van der Waals surface area contributed by atoms with E-state index in [9.17, 15) is 4.79 Å². The van der Waals surface area contributed by atoms with Crippen LogP contribution in [0.5, 0.6) is 0 Å². The van der Waals surface area contributed by atoms with E-state index in [2.05, 4.69) is 39.1 Å². The lowest BCUT2D eigenvalue weighted by molar-refractivity contribution is -0.118. The molecule has 1 aromatic carbocycles. The Labute approximate surface area is 132 Å². The fourth-order valence-corrected chi connectivity index (χ4v) is 3.49.